The highest BCUT2D eigenvalue weighted by Gasteiger charge is 2.26. The summed E-state index contributed by atoms with van der Waals surface area (Å²) in [4.78, 5) is 14.4. The molecule has 0 bridgehead atoms. The van der Waals surface area contributed by atoms with Crippen LogP contribution < -0.4 is 5.32 Å². The van der Waals surface area contributed by atoms with Crippen molar-refractivity contribution in [2.45, 2.75) is 13.0 Å². The predicted molar refractivity (Wildman–Crippen MR) is 76.8 cm³/mol. The van der Waals surface area contributed by atoms with E-state index in [-0.39, 0.29) is 24.4 Å². The second-order valence-corrected chi connectivity index (χ2v) is 4.70. The number of rotatable bonds is 1. The minimum atomic E-state index is 0. The van der Waals surface area contributed by atoms with Gasteiger partial charge in [0.2, 0.25) is 0 Å². The van der Waals surface area contributed by atoms with Crippen LogP contribution in [0.3, 0.4) is 0 Å². The molecule has 0 spiro atoms. The number of para-hydroxylation sites is 1. The van der Waals surface area contributed by atoms with E-state index in [9.17, 15) is 4.79 Å². The third-order valence-electron chi connectivity index (χ3n) is 3.47. The van der Waals surface area contributed by atoms with Gasteiger partial charge < -0.3 is 14.6 Å². The van der Waals surface area contributed by atoms with Crippen molar-refractivity contribution in [2.75, 3.05) is 19.6 Å². The minimum absolute atomic E-state index is 0. The summed E-state index contributed by atoms with van der Waals surface area (Å²) >= 11 is 0. The standard InChI is InChI=1S/C14H16N2O2.ClH/c1-10-8-15-6-7-16(10)14(17)12-9-18-13-5-3-2-4-11(12)13;/h2-5,9-10,15H,6-8H2,1H3;1H/t10-;/m1./s1. The first-order valence-electron chi connectivity index (χ1n) is 6.25. The summed E-state index contributed by atoms with van der Waals surface area (Å²) in [6, 6.07) is 7.87. The number of nitrogens with one attached hydrogen (secondary N) is 1. The molecule has 1 atom stereocenters. The molecule has 0 aliphatic carbocycles. The Bertz CT molecular complexity index is 582. The molecule has 2 heterocycles. The Morgan fingerprint density at radius 1 is 1.42 bits per heavy atom. The zero-order chi connectivity index (χ0) is 12.5. The van der Waals surface area contributed by atoms with E-state index in [1.807, 2.05) is 29.2 Å². The summed E-state index contributed by atoms with van der Waals surface area (Å²) in [6.07, 6.45) is 1.57. The minimum Gasteiger partial charge on any atom is -0.463 e. The number of benzene rings is 1. The van der Waals surface area contributed by atoms with Crippen molar-refractivity contribution in [1.82, 2.24) is 10.2 Å². The lowest BCUT2D eigenvalue weighted by atomic mass is 10.1. The lowest BCUT2D eigenvalue weighted by Crippen LogP contribution is -2.52. The predicted octanol–water partition coefficient (Wildman–Crippen LogP) is 2.29. The molecule has 1 aromatic carbocycles. The molecule has 5 heteroatoms. The van der Waals surface area contributed by atoms with E-state index in [1.165, 1.54) is 0 Å². The molecule has 1 aliphatic heterocycles. The monoisotopic (exact) mass is 280 g/mol. The van der Waals surface area contributed by atoms with Gasteiger partial charge in [0.1, 0.15) is 11.8 Å². The van der Waals surface area contributed by atoms with Crippen LogP contribution in [0.4, 0.5) is 0 Å². The Balaban J connectivity index is 0.00000133. The van der Waals surface area contributed by atoms with Crippen LogP contribution in [0, 0.1) is 0 Å². The Morgan fingerprint density at radius 2 is 2.21 bits per heavy atom. The molecular weight excluding hydrogens is 264 g/mol. The number of nitrogens with zero attached hydrogens (tertiary/aromatic N) is 1. The number of furan rings is 1. The van der Waals surface area contributed by atoms with Crippen molar-refractivity contribution in [3.8, 4) is 0 Å². The maximum Gasteiger partial charge on any atom is 0.258 e. The van der Waals surface area contributed by atoms with Gasteiger partial charge in [0.25, 0.3) is 5.91 Å². The summed E-state index contributed by atoms with van der Waals surface area (Å²) in [5, 5.41) is 4.18. The molecule has 1 aliphatic rings. The van der Waals surface area contributed by atoms with Gasteiger partial charge in [0.05, 0.1) is 5.56 Å². The maximum absolute atomic E-state index is 12.5. The molecule has 3 rings (SSSR count). The van der Waals surface area contributed by atoms with E-state index in [0.717, 1.165) is 30.6 Å². The lowest BCUT2D eigenvalue weighted by Gasteiger charge is -2.33. The van der Waals surface area contributed by atoms with Crippen molar-refractivity contribution in [3.63, 3.8) is 0 Å². The van der Waals surface area contributed by atoms with Crippen LogP contribution in [-0.2, 0) is 0 Å². The van der Waals surface area contributed by atoms with Crippen LogP contribution in [0.5, 0.6) is 0 Å². The molecule has 0 saturated carbocycles. The lowest BCUT2D eigenvalue weighted by molar-refractivity contribution is 0.0657. The van der Waals surface area contributed by atoms with Gasteiger partial charge in [0, 0.05) is 31.1 Å². The third kappa shape index (κ3) is 2.46. The van der Waals surface area contributed by atoms with E-state index in [4.69, 9.17) is 4.42 Å². The number of piperazine rings is 1. The van der Waals surface area contributed by atoms with Gasteiger partial charge >= 0.3 is 0 Å². The zero-order valence-electron chi connectivity index (χ0n) is 10.8. The van der Waals surface area contributed by atoms with E-state index < -0.39 is 0 Å². The van der Waals surface area contributed by atoms with E-state index >= 15 is 0 Å². The first kappa shape index (κ1) is 13.9. The molecule has 0 unspecified atom stereocenters. The highest BCUT2D eigenvalue weighted by atomic mass is 35.5. The fraction of sp³-hybridized carbons (Fsp3) is 0.357. The average molecular weight is 281 g/mol. The first-order valence-corrected chi connectivity index (χ1v) is 6.25. The molecule has 0 radical (unpaired) electrons. The molecule has 1 N–H and O–H groups in total. The van der Waals surface area contributed by atoms with Crippen LogP contribution >= 0.6 is 12.4 Å². The highest BCUT2D eigenvalue weighted by molar-refractivity contribution is 6.06. The Hall–Kier alpha value is -1.52. The van der Waals surface area contributed by atoms with Crippen LogP contribution in [0.2, 0.25) is 0 Å². The van der Waals surface area contributed by atoms with E-state index in [0.29, 0.717) is 5.56 Å². The summed E-state index contributed by atoms with van der Waals surface area (Å²) in [5.41, 5.74) is 1.43. The van der Waals surface area contributed by atoms with E-state index in [1.54, 1.807) is 6.26 Å². The summed E-state index contributed by atoms with van der Waals surface area (Å²) < 4.78 is 5.43. The van der Waals surface area contributed by atoms with Crippen molar-refractivity contribution in [3.05, 3.63) is 36.1 Å². The smallest absolute Gasteiger partial charge is 0.258 e. The van der Waals surface area contributed by atoms with Crippen molar-refractivity contribution < 1.29 is 9.21 Å². The summed E-state index contributed by atoms with van der Waals surface area (Å²) in [5.74, 6) is 0.0638. The van der Waals surface area contributed by atoms with E-state index in [2.05, 4.69) is 12.2 Å². The van der Waals surface area contributed by atoms with Gasteiger partial charge in [-0.25, -0.2) is 0 Å². The largest absolute Gasteiger partial charge is 0.463 e. The highest BCUT2D eigenvalue weighted by Crippen LogP contribution is 2.23. The van der Waals surface area contributed by atoms with Gasteiger partial charge in [0.15, 0.2) is 0 Å². The Kier molecular flexibility index (Phi) is 4.12. The Morgan fingerprint density at radius 3 is 3.00 bits per heavy atom. The molecule has 1 saturated heterocycles. The number of fused-ring (bicyclic) bond motifs is 1. The quantitative estimate of drug-likeness (QED) is 0.872. The second kappa shape index (κ2) is 5.63. The maximum atomic E-state index is 12.5. The average Bonchev–Trinajstić information content (AvgIpc) is 2.82. The fourth-order valence-electron chi connectivity index (χ4n) is 2.44. The molecule has 1 amide bonds. The van der Waals surface area contributed by atoms with Crippen molar-refractivity contribution in [2.24, 2.45) is 0 Å². The van der Waals surface area contributed by atoms with Crippen LogP contribution in [0.15, 0.2) is 34.9 Å². The van der Waals surface area contributed by atoms with Gasteiger partial charge in [-0.15, -0.1) is 12.4 Å². The zero-order valence-corrected chi connectivity index (χ0v) is 11.6. The van der Waals surface area contributed by atoms with Crippen molar-refractivity contribution in [1.29, 1.82) is 0 Å². The molecule has 19 heavy (non-hydrogen) atoms. The van der Waals surface area contributed by atoms with Gasteiger partial charge in [-0.3, -0.25) is 4.79 Å². The fourth-order valence-corrected chi connectivity index (χ4v) is 2.44. The SMILES string of the molecule is C[C@@H]1CNCCN1C(=O)c1coc2ccccc12.Cl. The number of hydrogen-bond acceptors (Lipinski definition) is 3. The molecule has 2 aromatic rings. The van der Waals surface area contributed by atoms with Gasteiger partial charge in [-0.05, 0) is 13.0 Å². The van der Waals surface area contributed by atoms with Crippen LogP contribution in [-0.4, -0.2) is 36.5 Å². The second-order valence-electron chi connectivity index (χ2n) is 4.70. The molecular formula is C14H17ClN2O2. The van der Waals surface area contributed by atoms with Crippen LogP contribution in [0.1, 0.15) is 17.3 Å². The molecule has 102 valence electrons. The normalized spacial score (nSPS) is 19.2. The first-order chi connectivity index (χ1) is 8.77. The topological polar surface area (TPSA) is 45.5 Å². The van der Waals surface area contributed by atoms with Crippen molar-refractivity contribution >= 4 is 29.3 Å². The summed E-state index contributed by atoms with van der Waals surface area (Å²) in [6.45, 7) is 4.51. The summed E-state index contributed by atoms with van der Waals surface area (Å²) in [7, 11) is 0. The third-order valence-corrected chi connectivity index (χ3v) is 3.47. The molecule has 1 aromatic heterocycles. The number of amides is 1. The van der Waals surface area contributed by atoms with Gasteiger partial charge in [-0.2, -0.15) is 0 Å². The number of halogens is 1. The Labute approximate surface area is 118 Å². The van der Waals surface area contributed by atoms with Crippen LogP contribution in [0.25, 0.3) is 11.0 Å². The number of carbonyl (C=O) groups is 1. The number of hydrogen-bond donors (Lipinski definition) is 1. The molecule has 1 fully saturated rings. The molecule has 4 nitrogen and oxygen atoms in total. The number of carbonyl (C=O) groups excluding carboxylic acids is 1. The van der Waals surface area contributed by atoms with Gasteiger partial charge in [-0.1, -0.05) is 18.2 Å².